The second kappa shape index (κ2) is 7.72. The highest BCUT2D eigenvalue weighted by atomic mass is 32.2. The first-order chi connectivity index (χ1) is 11.2. The summed E-state index contributed by atoms with van der Waals surface area (Å²) in [6.45, 7) is 3.37. The molecule has 3 nitrogen and oxygen atoms in total. The molecule has 0 saturated heterocycles. The minimum absolute atomic E-state index is 0.0221. The molecule has 0 atom stereocenters. The predicted octanol–water partition coefficient (Wildman–Crippen LogP) is 3.71. The molecule has 1 aromatic carbocycles. The van der Waals surface area contributed by atoms with Crippen molar-refractivity contribution in [1.29, 1.82) is 0 Å². The van der Waals surface area contributed by atoms with Gasteiger partial charge in [-0.05, 0) is 63.1 Å². The average Bonchev–Trinajstić information content (AvgIpc) is 2.46. The van der Waals surface area contributed by atoms with E-state index in [-0.39, 0.29) is 35.0 Å². The lowest BCUT2D eigenvalue weighted by molar-refractivity contribution is -0.123. The van der Waals surface area contributed by atoms with Crippen LogP contribution in [0.5, 0.6) is 0 Å². The second-order valence-corrected chi connectivity index (χ2v) is 9.62. The lowest BCUT2D eigenvalue weighted by Crippen LogP contribution is -2.29. The van der Waals surface area contributed by atoms with Crippen LogP contribution in [-0.4, -0.2) is 25.2 Å². The van der Waals surface area contributed by atoms with Gasteiger partial charge in [0.25, 0.3) is 0 Å². The maximum absolute atomic E-state index is 13.2. The largest absolute Gasteiger partial charge is 0.299 e. The van der Waals surface area contributed by atoms with Crippen molar-refractivity contribution < 1.29 is 22.0 Å². The van der Waals surface area contributed by atoms with Gasteiger partial charge in [-0.25, -0.2) is 17.2 Å². The summed E-state index contributed by atoms with van der Waals surface area (Å²) in [5, 5.41) is -0.375. The number of carbonyl (C=O) groups is 1. The van der Waals surface area contributed by atoms with Crippen molar-refractivity contribution in [2.45, 2.75) is 51.2 Å². The maximum Gasteiger partial charge on any atom is 0.152 e. The van der Waals surface area contributed by atoms with Gasteiger partial charge in [0, 0.05) is 18.4 Å². The summed E-state index contributed by atoms with van der Waals surface area (Å²) in [7, 11) is -3.06. The number of Topliss-reactive ketones (excluding diaryl/α,β-unsaturated/α-hetero) is 1. The summed E-state index contributed by atoms with van der Waals surface area (Å²) in [5.41, 5.74) is 0.349. The van der Waals surface area contributed by atoms with Crippen molar-refractivity contribution in [1.82, 2.24) is 0 Å². The van der Waals surface area contributed by atoms with Crippen LogP contribution in [0.3, 0.4) is 0 Å². The zero-order valence-corrected chi connectivity index (χ0v) is 14.9. The zero-order chi connectivity index (χ0) is 17.9. The first-order valence-electron chi connectivity index (χ1n) is 8.36. The highest BCUT2D eigenvalue weighted by Gasteiger charge is 2.30. The van der Waals surface area contributed by atoms with Crippen LogP contribution in [0.4, 0.5) is 8.78 Å². The lowest BCUT2D eigenvalue weighted by atomic mass is 9.79. The van der Waals surface area contributed by atoms with Crippen molar-refractivity contribution in [3.8, 4) is 0 Å². The molecule has 6 heteroatoms. The van der Waals surface area contributed by atoms with E-state index >= 15 is 0 Å². The third kappa shape index (κ3) is 5.10. The van der Waals surface area contributed by atoms with Crippen LogP contribution in [-0.2, 0) is 21.1 Å². The van der Waals surface area contributed by atoms with Gasteiger partial charge in [0.05, 0.1) is 11.0 Å². The summed E-state index contributed by atoms with van der Waals surface area (Å²) in [6.07, 6.45) is 2.73. The molecule has 0 bridgehead atoms. The maximum atomic E-state index is 13.2. The molecule has 134 valence electrons. The van der Waals surface area contributed by atoms with E-state index in [1.54, 1.807) is 13.8 Å². The van der Waals surface area contributed by atoms with E-state index in [1.165, 1.54) is 12.1 Å². The van der Waals surface area contributed by atoms with Gasteiger partial charge in [0.15, 0.2) is 9.84 Å². The van der Waals surface area contributed by atoms with Gasteiger partial charge in [-0.15, -0.1) is 0 Å². The molecule has 1 fully saturated rings. The minimum atomic E-state index is -3.06. The van der Waals surface area contributed by atoms with Crippen LogP contribution in [0.1, 0.15) is 45.1 Å². The predicted molar refractivity (Wildman–Crippen MR) is 89.4 cm³/mol. The molecule has 0 aliphatic heterocycles. The number of carbonyl (C=O) groups excluding carboxylic acids is 1. The third-order valence-electron chi connectivity index (χ3n) is 4.79. The Kier molecular flexibility index (Phi) is 6.12. The Bertz CT molecular complexity index is 670. The monoisotopic (exact) mass is 358 g/mol. The number of rotatable bonds is 6. The number of hydrogen-bond donors (Lipinski definition) is 0. The third-order valence-corrected chi connectivity index (χ3v) is 7.16. The molecule has 1 saturated carbocycles. The zero-order valence-electron chi connectivity index (χ0n) is 14.1. The molecule has 0 unspecified atom stereocenters. The number of ketones is 1. The number of hydrogen-bond acceptors (Lipinski definition) is 3. The molecule has 0 N–H and O–H groups in total. The minimum Gasteiger partial charge on any atom is -0.299 e. The quantitative estimate of drug-likeness (QED) is 0.779. The fraction of sp³-hybridized carbons (Fsp3) is 0.611. The van der Waals surface area contributed by atoms with E-state index < -0.39 is 21.5 Å². The highest BCUT2D eigenvalue weighted by molar-refractivity contribution is 7.91. The van der Waals surface area contributed by atoms with Gasteiger partial charge >= 0.3 is 0 Å². The Morgan fingerprint density at radius 3 is 2.12 bits per heavy atom. The normalized spacial score (nSPS) is 21.9. The summed E-state index contributed by atoms with van der Waals surface area (Å²) >= 11 is 0. The Morgan fingerprint density at radius 2 is 1.62 bits per heavy atom. The van der Waals surface area contributed by atoms with Crippen molar-refractivity contribution in [3.05, 3.63) is 35.4 Å². The molecular formula is C18H24F2O3S. The summed E-state index contributed by atoms with van der Waals surface area (Å²) < 4.78 is 50.3. The Labute approximate surface area is 142 Å². The molecule has 0 aromatic heterocycles. The first-order valence-corrected chi connectivity index (χ1v) is 10.1. The van der Waals surface area contributed by atoms with Gasteiger partial charge in [-0.2, -0.15) is 0 Å². The van der Waals surface area contributed by atoms with Crippen LogP contribution < -0.4 is 0 Å². The van der Waals surface area contributed by atoms with Gasteiger partial charge in [-0.3, -0.25) is 4.79 Å². The average molecular weight is 358 g/mol. The standard InChI is InChI=1S/C18H24F2O3S/c1-12(2)24(22,23)11-13-3-5-15(6-4-13)18(21)9-14-7-16(19)10-17(20)8-14/h7-8,10,12-13,15H,3-6,9,11H2,1-2H3. The number of halogens is 2. The van der Waals surface area contributed by atoms with Crippen molar-refractivity contribution in [2.75, 3.05) is 5.75 Å². The van der Waals surface area contributed by atoms with Crippen LogP contribution in [0.15, 0.2) is 18.2 Å². The van der Waals surface area contributed by atoms with Gasteiger partial charge < -0.3 is 0 Å². The fourth-order valence-electron chi connectivity index (χ4n) is 3.23. The molecule has 24 heavy (non-hydrogen) atoms. The van der Waals surface area contributed by atoms with Crippen LogP contribution >= 0.6 is 0 Å². The van der Waals surface area contributed by atoms with E-state index in [0.717, 1.165) is 6.07 Å². The SMILES string of the molecule is CC(C)S(=O)(=O)CC1CCC(C(=O)Cc2cc(F)cc(F)c2)CC1. The first kappa shape index (κ1) is 19.0. The number of sulfone groups is 1. The molecule has 1 aliphatic rings. The van der Waals surface area contributed by atoms with E-state index in [9.17, 15) is 22.0 Å². The van der Waals surface area contributed by atoms with E-state index in [0.29, 0.717) is 31.2 Å². The van der Waals surface area contributed by atoms with E-state index in [2.05, 4.69) is 0 Å². The smallest absolute Gasteiger partial charge is 0.152 e. The number of benzene rings is 1. The Balaban J connectivity index is 1.89. The highest BCUT2D eigenvalue weighted by Crippen LogP contribution is 2.31. The van der Waals surface area contributed by atoms with Crippen LogP contribution in [0, 0.1) is 23.5 Å². The van der Waals surface area contributed by atoms with Gasteiger partial charge in [-0.1, -0.05) is 0 Å². The Hall–Kier alpha value is -1.30. The second-order valence-electron chi connectivity index (χ2n) is 7.02. The van der Waals surface area contributed by atoms with E-state index in [4.69, 9.17) is 0 Å². The summed E-state index contributed by atoms with van der Waals surface area (Å²) in [6, 6.07) is 3.15. The van der Waals surface area contributed by atoms with Crippen LogP contribution in [0.2, 0.25) is 0 Å². The van der Waals surface area contributed by atoms with Gasteiger partial charge in [0.1, 0.15) is 17.4 Å². The fourth-order valence-corrected chi connectivity index (χ4v) is 4.61. The molecule has 2 rings (SSSR count). The topological polar surface area (TPSA) is 51.2 Å². The molecular weight excluding hydrogens is 334 g/mol. The summed E-state index contributed by atoms with van der Waals surface area (Å²) in [5.74, 6) is -1.24. The molecule has 0 heterocycles. The van der Waals surface area contributed by atoms with Crippen LogP contribution in [0.25, 0.3) is 0 Å². The van der Waals surface area contributed by atoms with Crippen molar-refractivity contribution in [2.24, 2.45) is 11.8 Å². The Morgan fingerprint density at radius 1 is 1.08 bits per heavy atom. The summed E-state index contributed by atoms with van der Waals surface area (Å²) in [4.78, 5) is 12.3. The lowest BCUT2D eigenvalue weighted by Gasteiger charge is -2.28. The molecule has 1 aliphatic carbocycles. The molecule has 1 aromatic rings. The van der Waals surface area contributed by atoms with Crippen molar-refractivity contribution in [3.63, 3.8) is 0 Å². The molecule has 0 spiro atoms. The molecule has 0 amide bonds. The molecule has 0 radical (unpaired) electrons. The van der Waals surface area contributed by atoms with Crippen molar-refractivity contribution >= 4 is 15.6 Å². The van der Waals surface area contributed by atoms with E-state index in [1.807, 2.05) is 0 Å². The van der Waals surface area contributed by atoms with Gasteiger partial charge in [0.2, 0.25) is 0 Å².